The van der Waals surface area contributed by atoms with E-state index in [4.69, 9.17) is 0 Å². The summed E-state index contributed by atoms with van der Waals surface area (Å²) in [5.41, 5.74) is 0.478. The molecule has 0 aromatic heterocycles. The summed E-state index contributed by atoms with van der Waals surface area (Å²) in [5.74, 6) is -5.41. The summed E-state index contributed by atoms with van der Waals surface area (Å²) in [5, 5.41) is 4.86. The van der Waals surface area contributed by atoms with Crippen molar-refractivity contribution in [2.75, 3.05) is 25.5 Å². The largest absolute Gasteiger partial charge is 0.351 e. The van der Waals surface area contributed by atoms with Crippen molar-refractivity contribution >= 4 is 17.5 Å². The number of likely N-dealkylation sites (N-methyl/N-ethyl adjacent to an activating group) is 1. The monoisotopic (exact) mass is 365 g/mol. The van der Waals surface area contributed by atoms with Crippen LogP contribution in [-0.4, -0.2) is 36.9 Å². The molecule has 2 aromatic carbocycles. The van der Waals surface area contributed by atoms with Gasteiger partial charge >= 0.3 is 0 Å². The average molecular weight is 365 g/mol. The molecule has 2 rings (SSSR count). The standard InChI is InChI=1S/C18H18F3N3O2/c1-24(10-15(25)22-9-12-5-3-2-4-6-12)11-16(26)23-14-8-7-13(19)17(20)18(14)21/h2-8H,9-11H2,1H3,(H,22,25)(H,23,26). The second kappa shape index (κ2) is 9.00. The zero-order valence-corrected chi connectivity index (χ0v) is 14.1. The number of hydrogen-bond donors (Lipinski definition) is 2. The lowest BCUT2D eigenvalue weighted by Gasteiger charge is -2.16. The quantitative estimate of drug-likeness (QED) is 0.740. The molecule has 2 aromatic rings. The number of nitrogens with one attached hydrogen (secondary N) is 2. The Morgan fingerprint density at radius 2 is 1.58 bits per heavy atom. The van der Waals surface area contributed by atoms with Crippen LogP contribution in [0.4, 0.5) is 18.9 Å². The van der Waals surface area contributed by atoms with E-state index < -0.39 is 29.0 Å². The van der Waals surface area contributed by atoms with E-state index in [1.807, 2.05) is 30.3 Å². The first-order valence-electron chi connectivity index (χ1n) is 7.79. The number of carbonyl (C=O) groups excluding carboxylic acids is 2. The molecule has 0 saturated carbocycles. The van der Waals surface area contributed by atoms with Crippen molar-refractivity contribution in [3.8, 4) is 0 Å². The zero-order valence-electron chi connectivity index (χ0n) is 14.1. The molecule has 0 atom stereocenters. The molecule has 0 aliphatic heterocycles. The molecule has 138 valence electrons. The molecule has 0 heterocycles. The fraction of sp³-hybridized carbons (Fsp3) is 0.222. The van der Waals surface area contributed by atoms with Gasteiger partial charge in [0.05, 0.1) is 18.8 Å². The lowest BCUT2D eigenvalue weighted by atomic mass is 10.2. The maximum atomic E-state index is 13.5. The fourth-order valence-corrected chi connectivity index (χ4v) is 2.21. The van der Waals surface area contributed by atoms with Crippen molar-refractivity contribution < 1.29 is 22.8 Å². The maximum Gasteiger partial charge on any atom is 0.238 e. The number of halogens is 3. The van der Waals surface area contributed by atoms with Gasteiger partial charge in [-0.3, -0.25) is 14.5 Å². The SMILES string of the molecule is CN(CC(=O)NCc1ccccc1)CC(=O)Nc1ccc(F)c(F)c1F. The van der Waals surface area contributed by atoms with Crippen LogP contribution in [0.25, 0.3) is 0 Å². The summed E-state index contributed by atoms with van der Waals surface area (Å²) in [4.78, 5) is 25.1. The minimum atomic E-state index is -1.66. The molecular formula is C18H18F3N3O2. The van der Waals surface area contributed by atoms with Gasteiger partial charge in [0.2, 0.25) is 11.8 Å². The Labute approximate surface area is 148 Å². The molecule has 0 bridgehead atoms. The summed E-state index contributed by atoms with van der Waals surface area (Å²) in [7, 11) is 1.53. The molecule has 0 saturated heterocycles. The van der Waals surface area contributed by atoms with Crippen LogP contribution in [0.5, 0.6) is 0 Å². The number of anilines is 1. The highest BCUT2D eigenvalue weighted by Crippen LogP contribution is 2.19. The van der Waals surface area contributed by atoms with Gasteiger partial charge in [0.15, 0.2) is 17.5 Å². The van der Waals surface area contributed by atoms with Crippen LogP contribution in [0.2, 0.25) is 0 Å². The van der Waals surface area contributed by atoms with Crippen molar-refractivity contribution in [2.24, 2.45) is 0 Å². The number of rotatable bonds is 7. The average Bonchev–Trinajstić information content (AvgIpc) is 2.61. The molecule has 0 radical (unpaired) electrons. The van der Waals surface area contributed by atoms with Gasteiger partial charge in [-0.2, -0.15) is 0 Å². The summed E-state index contributed by atoms with van der Waals surface area (Å²) in [6, 6.07) is 11.0. The first-order chi connectivity index (χ1) is 12.4. The Bertz CT molecular complexity index is 785. The van der Waals surface area contributed by atoms with Crippen LogP contribution in [0.1, 0.15) is 5.56 Å². The maximum absolute atomic E-state index is 13.5. The van der Waals surface area contributed by atoms with Gasteiger partial charge in [-0.1, -0.05) is 30.3 Å². The minimum Gasteiger partial charge on any atom is -0.351 e. The van der Waals surface area contributed by atoms with Crippen LogP contribution in [0, 0.1) is 17.5 Å². The molecule has 2 amide bonds. The molecule has 5 nitrogen and oxygen atoms in total. The van der Waals surface area contributed by atoms with E-state index in [1.54, 1.807) is 0 Å². The first-order valence-corrected chi connectivity index (χ1v) is 7.79. The molecule has 0 unspecified atom stereocenters. The second-order valence-electron chi connectivity index (χ2n) is 5.71. The molecule has 0 aliphatic carbocycles. The first kappa shape index (κ1) is 19.5. The van der Waals surface area contributed by atoms with Gasteiger partial charge in [-0.25, -0.2) is 13.2 Å². The van der Waals surface area contributed by atoms with Crippen molar-refractivity contribution in [2.45, 2.75) is 6.54 Å². The van der Waals surface area contributed by atoms with E-state index >= 15 is 0 Å². The van der Waals surface area contributed by atoms with Crippen LogP contribution >= 0.6 is 0 Å². The molecule has 2 N–H and O–H groups in total. The lowest BCUT2D eigenvalue weighted by Crippen LogP contribution is -2.38. The zero-order chi connectivity index (χ0) is 19.1. The highest BCUT2D eigenvalue weighted by molar-refractivity contribution is 5.92. The van der Waals surface area contributed by atoms with Crippen LogP contribution in [0.15, 0.2) is 42.5 Å². The van der Waals surface area contributed by atoms with Gasteiger partial charge in [-0.05, 0) is 24.7 Å². The third-order valence-corrected chi connectivity index (χ3v) is 3.47. The molecule has 0 spiro atoms. The molecule has 26 heavy (non-hydrogen) atoms. The molecule has 0 aliphatic rings. The predicted molar refractivity (Wildman–Crippen MR) is 90.7 cm³/mol. The van der Waals surface area contributed by atoms with Crippen LogP contribution < -0.4 is 10.6 Å². The summed E-state index contributed by atoms with van der Waals surface area (Å²) < 4.78 is 39.5. The van der Waals surface area contributed by atoms with E-state index in [1.165, 1.54) is 11.9 Å². The van der Waals surface area contributed by atoms with Crippen LogP contribution in [-0.2, 0) is 16.1 Å². The number of benzene rings is 2. The van der Waals surface area contributed by atoms with E-state index in [2.05, 4.69) is 10.6 Å². The Morgan fingerprint density at radius 1 is 0.923 bits per heavy atom. The highest BCUT2D eigenvalue weighted by Gasteiger charge is 2.16. The number of amides is 2. The third-order valence-electron chi connectivity index (χ3n) is 3.47. The third kappa shape index (κ3) is 5.59. The van der Waals surface area contributed by atoms with E-state index in [9.17, 15) is 22.8 Å². The van der Waals surface area contributed by atoms with Gasteiger partial charge < -0.3 is 10.6 Å². The number of carbonyl (C=O) groups is 2. The second-order valence-corrected chi connectivity index (χ2v) is 5.71. The highest BCUT2D eigenvalue weighted by atomic mass is 19.2. The van der Waals surface area contributed by atoms with Gasteiger partial charge in [-0.15, -0.1) is 0 Å². The summed E-state index contributed by atoms with van der Waals surface area (Å²) in [6.45, 7) is 0.0808. The normalized spacial score (nSPS) is 10.7. The molecular weight excluding hydrogens is 347 g/mol. The van der Waals surface area contributed by atoms with Crippen LogP contribution in [0.3, 0.4) is 0 Å². The van der Waals surface area contributed by atoms with Crippen molar-refractivity contribution in [3.05, 3.63) is 65.5 Å². The lowest BCUT2D eigenvalue weighted by molar-refractivity contribution is -0.123. The van der Waals surface area contributed by atoms with E-state index in [0.717, 1.165) is 17.7 Å². The van der Waals surface area contributed by atoms with E-state index in [-0.39, 0.29) is 19.0 Å². The Morgan fingerprint density at radius 3 is 2.27 bits per heavy atom. The Kier molecular flexibility index (Phi) is 6.74. The minimum absolute atomic E-state index is 0.0550. The number of nitrogens with zero attached hydrogens (tertiary/aromatic N) is 1. The van der Waals surface area contributed by atoms with Gasteiger partial charge in [0.25, 0.3) is 0 Å². The van der Waals surface area contributed by atoms with Crippen molar-refractivity contribution in [1.29, 1.82) is 0 Å². The Hall–Kier alpha value is -2.87. The molecule has 0 fully saturated rings. The fourth-order valence-electron chi connectivity index (χ4n) is 2.21. The Balaban J connectivity index is 1.79. The van der Waals surface area contributed by atoms with Crippen molar-refractivity contribution in [3.63, 3.8) is 0 Å². The summed E-state index contributed by atoms with van der Waals surface area (Å²) in [6.07, 6.45) is 0. The van der Waals surface area contributed by atoms with Gasteiger partial charge in [0.1, 0.15) is 0 Å². The summed E-state index contributed by atoms with van der Waals surface area (Å²) >= 11 is 0. The topological polar surface area (TPSA) is 61.4 Å². The van der Waals surface area contributed by atoms with E-state index in [0.29, 0.717) is 6.54 Å². The smallest absolute Gasteiger partial charge is 0.238 e. The molecule has 8 heteroatoms. The van der Waals surface area contributed by atoms with Crippen molar-refractivity contribution in [1.82, 2.24) is 10.2 Å². The number of hydrogen-bond acceptors (Lipinski definition) is 3. The predicted octanol–water partition coefficient (Wildman–Crippen LogP) is 2.29. The van der Waals surface area contributed by atoms with Gasteiger partial charge in [0, 0.05) is 6.54 Å².